The van der Waals surface area contributed by atoms with Gasteiger partial charge in [0.2, 0.25) is 0 Å². The lowest BCUT2D eigenvalue weighted by Gasteiger charge is -2.20. The SMILES string of the molecule is CCCCC1CNCCC1=O. The summed E-state index contributed by atoms with van der Waals surface area (Å²) in [6.45, 7) is 3.97. The molecule has 0 saturated carbocycles. The number of rotatable bonds is 3. The predicted molar refractivity (Wildman–Crippen MR) is 45.5 cm³/mol. The van der Waals surface area contributed by atoms with Crippen LogP contribution in [0.5, 0.6) is 0 Å². The van der Waals surface area contributed by atoms with Crippen LogP contribution in [0.15, 0.2) is 0 Å². The van der Waals surface area contributed by atoms with Crippen molar-refractivity contribution in [3.8, 4) is 0 Å². The third kappa shape index (κ3) is 2.62. The van der Waals surface area contributed by atoms with Crippen molar-refractivity contribution in [2.75, 3.05) is 13.1 Å². The van der Waals surface area contributed by atoms with Crippen LogP contribution in [0.1, 0.15) is 32.6 Å². The van der Waals surface area contributed by atoms with E-state index in [0.29, 0.717) is 11.7 Å². The van der Waals surface area contributed by atoms with E-state index in [9.17, 15) is 4.79 Å². The Bertz CT molecular complexity index is 134. The van der Waals surface area contributed by atoms with Crippen LogP contribution >= 0.6 is 0 Å². The third-order valence-corrected chi connectivity index (χ3v) is 2.30. The molecule has 1 unspecified atom stereocenters. The quantitative estimate of drug-likeness (QED) is 0.666. The number of hydrogen-bond donors (Lipinski definition) is 1. The molecular formula is C9H17NO. The highest BCUT2D eigenvalue weighted by Crippen LogP contribution is 2.13. The first-order valence-corrected chi connectivity index (χ1v) is 4.58. The summed E-state index contributed by atoms with van der Waals surface area (Å²) in [6, 6.07) is 0. The Kier molecular flexibility index (Phi) is 3.57. The van der Waals surface area contributed by atoms with Gasteiger partial charge in [-0.05, 0) is 6.42 Å². The normalized spacial score (nSPS) is 25.5. The minimum absolute atomic E-state index is 0.323. The first kappa shape index (κ1) is 8.72. The zero-order valence-corrected chi connectivity index (χ0v) is 7.23. The maximum Gasteiger partial charge on any atom is 0.138 e. The van der Waals surface area contributed by atoms with E-state index in [-0.39, 0.29) is 0 Å². The molecule has 1 saturated heterocycles. The van der Waals surface area contributed by atoms with Gasteiger partial charge in [0.05, 0.1) is 0 Å². The van der Waals surface area contributed by atoms with Crippen LogP contribution < -0.4 is 5.32 Å². The highest BCUT2D eigenvalue weighted by atomic mass is 16.1. The minimum Gasteiger partial charge on any atom is -0.316 e. The van der Waals surface area contributed by atoms with Crippen molar-refractivity contribution in [3.05, 3.63) is 0 Å². The molecule has 1 aliphatic rings. The molecule has 0 aliphatic carbocycles. The molecule has 1 fully saturated rings. The number of carbonyl (C=O) groups is 1. The number of carbonyl (C=O) groups excluding carboxylic acids is 1. The van der Waals surface area contributed by atoms with Gasteiger partial charge in [0, 0.05) is 25.4 Å². The van der Waals surface area contributed by atoms with E-state index in [2.05, 4.69) is 12.2 Å². The molecule has 0 aromatic rings. The Labute approximate surface area is 68.4 Å². The summed E-state index contributed by atoms with van der Waals surface area (Å²) >= 11 is 0. The number of unbranched alkanes of at least 4 members (excludes halogenated alkanes) is 1. The molecule has 1 N–H and O–H groups in total. The third-order valence-electron chi connectivity index (χ3n) is 2.30. The smallest absolute Gasteiger partial charge is 0.138 e. The van der Waals surface area contributed by atoms with Gasteiger partial charge >= 0.3 is 0 Å². The molecule has 0 spiro atoms. The van der Waals surface area contributed by atoms with Crippen molar-refractivity contribution >= 4 is 5.78 Å². The van der Waals surface area contributed by atoms with Crippen molar-refractivity contribution in [2.24, 2.45) is 5.92 Å². The maximum atomic E-state index is 11.3. The maximum absolute atomic E-state index is 11.3. The lowest BCUT2D eigenvalue weighted by Crippen LogP contribution is -2.36. The molecule has 1 rings (SSSR count). The van der Waals surface area contributed by atoms with Crippen LogP contribution in [-0.2, 0) is 4.79 Å². The second kappa shape index (κ2) is 4.50. The molecule has 1 atom stereocenters. The van der Waals surface area contributed by atoms with Crippen LogP contribution in [0.4, 0.5) is 0 Å². The van der Waals surface area contributed by atoms with Gasteiger partial charge in [-0.25, -0.2) is 0 Å². The fourth-order valence-electron chi connectivity index (χ4n) is 1.52. The first-order valence-electron chi connectivity index (χ1n) is 4.58. The monoisotopic (exact) mass is 155 g/mol. The zero-order chi connectivity index (χ0) is 8.10. The molecule has 0 bridgehead atoms. The largest absolute Gasteiger partial charge is 0.316 e. The van der Waals surface area contributed by atoms with Gasteiger partial charge in [-0.3, -0.25) is 4.79 Å². The van der Waals surface area contributed by atoms with E-state index < -0.39 is 0 Å². The average molecular weight is 155 g/mol. The van der Waals surface area contributed by atoms with Crippen LogP contribution in [0, 0.1) is 5.92 Å². The van der Waals surface area contributed by atoms with Crippen molar-refractivity contribution in [3.63, 3.8) is 0 Å². The summed E-state index contributed by atoms with van der Waals surface area (Å²) in [7, 11) is 0. The van der Waals surface area contributed by atoms with Gasteiger partial charge in [-0.2, -0.15) is 0 Å². The molecule has 0 aromatic heterocycles. The summed E-state index contributed by atoms with van der Waals surface area (Å²) in [6.07, 6.45) is 4.22. The molecule has 0 aromatic carbocycles. The van der Waals surface area contributed by atoms with Crippen LogP contribution in [0.3, 0.4) is 0 Å². The fourth-order valence-corrected chi connectivity index (χ4v) is 1.52. The summed E-state index contributed by atoms with van der Waals surface area (Å²) in [5, 5.41) is 3.25. The van der Waals surface area contributed by atoms with Crippen LogP contribution in [0.2, 0.25) is 0 Å². The number of ketones is 1. The van der Waals surface area contributed by atoms with Gasteiger partial charge in [-0.15, -0.1) is 0 Å². The summed E-state index contributed by atoms with van der Waals surface area (Å²) in [5.74, 6) is 0.792. The second-order valence-electron chi connectivity index (χ2n) is 3.26. The Balaban J connectivity index is 2.24. The molecule has 2 heteroatoms. The van der Waals surface area contributed by atoms with E-state index in [1.54, 1.807) is 0 Å². The highest BCUT2D eigenvalue weighted by molar-refractivity contribution is 5.82. The lowest BCUT2D eigenvalue weighted by atomic mass is 9.93. The molecule has 2 nitrogen and oxygen atoms in total. The Morgan fingerprint density at radius 1 is 1.64 bits per heavy atom. The van der Waals surface area contributed by atoms with Gasteiger partial charge in [0.1, 0.15) is 5.78 Å². The van der Waals surface area contributed by atoms with E-state index in [1.165, 1.54) is 12.8 Å². The van der Waals surface area contributed by atoms with E-state index >= 15 is 0 Å². The number of Topliss-reactive ketones (excluding diaryl/α,β-unsaturated/α-hetero) is 1. The summed E-state index contributed by atoms with van der Waals surface area (Å²) < 4.78 is 0. The zero-order valence-electron chi connectivity index (χ0n) is 7.23. The minimum atomic E-state index is 0.323. The highest BCUT2D eigenvalue weighted by Gasteiger charge is 2.20. The molecule has 0 radical (unpaired) electrons. The Morgan fingerprint density at radius 2 is 2.45 bits per heavy atom. The standard InChI is InChI=1S/C9H17NO/c1-2-3-4-8-7-10-6-5-9(8)11/h8,10H,2-7H2,1H3. The first-order chi connectivity index (χ1) is 5.34. The van der Waals surface area contributed by atoms with Crippen molar-refractivity contribution < 1.29 is 4.79 Å². The van der Waals surface area contributed by atoms with Gasteiger partial charge < -0.3 is 5.32 Å². The summed E-state index contributed by atoms with van der Waals surface area (Å²) in [4.78, 5) is 11.3. The molecule has 64 valence electrons. The lowest BCUT2D eigenvalue weighted by molar-refractivity contribution is -0.124. The van der Waals surface area contributed by atoms with Crippen molar-refractivity contribution in [2.45, 2.75) is 32.6 Å². The van der Waals surface area contributed by atoms with Crippen LogP contribution in [0.25, 0.3) is 0 Å². The van der Waals surface area contributed by atoms with Crippen LogP contribution in [-0.4, -0.2) is 18.9 Å². The Hall–Kier alpha value is -0.370. The van der Waals surface area contributed by atoms with E-state index in [0.717, 1.165) is 25.9 Å². The van der Waals surface area contributed by atoms with E-state index in [4.69, 9.17) is 0 Å². The summed E-state index contributed by atoms with van der Waals surface area (Å²) in [5.41, 5.74) is 0. The predicted octanol–water partition coefficient (Wildman–Crippen LogP) is 1.36. The van der Waals surface area contributed by atoms with Crippen molar-refractivity contribution in [1.82, 2.24) is 5.32 Å². The molecule has 0 amide bonds. The molecular weight excluding hydrogens is 138 g/mol. The van der Waals surface area contributed by atoms with Gasteiger partial charge in [0.15, 0.2) is 0 Å². The molecule has 1 heterocycles. The topological polar surface area (TPSA) is 29.1 Å². The second-order valence-corrected chi connectivity index (χ2v) is 3.26. The fraction of sp³-hybridized carbons (Fsp3) is 0.889. The molecule has 1 aliphatic heterocycles. The molecule has 11 heavy (non-hydrogen) atoms. The number of hydrogen-bond acceptors (Lipinski definition) is 2. The number of piperidine rings is 1. The van der Waals surface area contributed by atoms with Gasteiger partial charge in [0.25, 0.3) is 0 Å². The Morgan fingerprint density at radius 3 is 3.09 bits per heavy atom. The van der Waals surface area contributed by atoms with Crippen molar-refractivity contribution in [1.29, 1.82) is 0 Å². The average Bonchev–Trinajstić information content (AvgIpc) is 2.03. The van der Waals surface area contributed by atoms with Gasteiger partial charge in [-0.1, -0.05) is 19.8 Å². The number of nitrogens with one attached hydrogen (secondary N) is 1. The van der Waals surface area contributed by atoms with E-state index in [1.807, 2.05) is 0 Å².